The van der Waals surface area contributed by atoms with Crippen LogP contribution in [0, 0.1) is 12.7 Å². The first-order valence-electron chi connectivity index (χ1n) is 8.33. The van der Waals surface area contributed by atoms with Crippen molar-refractivity contribution in [3.8, 4) is 11.3 Å². The van der Waals surface area contributed by atoms with E-state index < -0.39 is 23.9 Å². The molecule has 0 unspecified atom stereocenters. The van der Waals surface area contributed by atoms with Crippen LogP contribution in [-0.2, 0) is 11.3 Å². The van der Waals surface area contributed by atoms with E-state index in [4.69, 9.17) is 16.7 Å². The first-order valence-corrected chi connectivity index (χ1v) is 8.71. The third-order valence-electron chi connectivity index (χ3n) is 4.46. The van der Waals surface area contributed by atoms with E-state index >= 15 is 0 Å². The molecule has 2 aromatic heterocycles. The quantitative estimate of drug-likeness (QED) is 0.531. The topological polar surface area (TPSA) is 85.1 Å². The molecule has 6 nitrogen and oxygen atoms in total. The van der Waals surface area contributed by atoms with Gasteiger partial charge in [-0.25, -0.2) is 14.4 Å². The predicted octanol–water partition coefficient (Wildman–Crippen LogP) is 3.80. The van der Waals surface area contributed by atoms with E-state index in [0.29, 0.717) is 21.8 Å². The summed E-state index contributed by atoms with van der Waals surface area (Å²) in [7, 11) is 0. The van der Waals surface area contributed by atoms with Crippen LogP contribution in [0.1, 0.15) is 5.82 Å². The second kappa shape index (κ2) is 6.69. The molecular weight excluding hydrogens is 385 g/mol. The fourth-order valence-electron chi connectivity index (χ4n) is 3.19. The molecule has 1 N–H and O–H groups in total. The number of carboxylic acids is 1. The zero-order valence-corrected chi connectivity index (χ0v) is 15.4. The van der Waals surface area contributed by atoms with Gasteiger partial charge in [-0.15, -0.1) is 0 Å². The minimum absolute atomic E-state index is 0.126. The van der Waals surface area contributed by atoms with Gasteiger partial charge in [0, 0.05) is 16.0 Å². The molecule has 140 valence electrons. The second-order valence-corrected chi connectivity index (χ2v) is 6.73. The van der Waals surface area contributed by atoms with Crippen LogP contribution in [0.4, 0.5) is 4.39 Å². The van der Waals surface area contributed by atoms with Gasteiger partial charge in [0.1, 0.15) is 23.7 Å². The van der Waals surface area contributed by atoms with Gasteiger partial charge in [-0.1, -0.05) is 23.7 Å². The van der Waals surface area contributed by atoms with E-state index in [1.165, 1.54) is 18.2 Å². The highest BCUT2D eigenvalue weighted by molar-refractivity contribution is 6.30. The van der Waals surface area contributed by atoms with E-state index in [2.05, 4.69) is 9.97 Å². The third-order valence-corrected chi connectivity index (χ3v) is 4.71. The van der Waals surface area contributed by atoms with E-state index in [1.54, 1.807) is 31.2 Å². The molecule has 0 fully saturated rings. The SMILES string of the molecule is Cc1nc2c(-c3ccc(Cl)cc3)nc3ccc(F)cc3c2c(=O)n1CC(=O)O. The summed E-state index contributed by atoms with van der Waals surface area (Å²) in [4.78, 5) is 33.3. The number of aliphatic carboxylic acids is 1. The molecular formula is C20H13ClFN3O3. The van der Waals surface area contributed by atoms with Crippen molar-refractivity contribution in [2.24, 2.45) is 0 Å². The normalized spacial score (nSPS) is 11.2. The highest BCUT2D eigenvalue weighted by Gasteiger charge is 2.19. The molecule has 0 radical (unpaired) electrons. The number of carbonyl (C=O) groups is 1. The lowest BCUT2D eigenvalue weighted by Crippen LogP contribution is -2.27. The monoisotopic (exact) mass is 397 g/mol. The van der Waals surface area contributed by atoms with Gasteiger partial charge >= 0.3 is 5.97 Å². The van der Waals surface area contributed by atoms with Crippen molar-refractivity contribution in [1.82, 2.24) is 14.5 Å². The van der Waals surface area contributed by atoms with E-state index in [0.717, 1.165) is 4.57 Å². The minimum Gasteiger partial charge on any atom is -0.480 e. The van der Waals surface area contributed by atoms with Crippen molar-refractivity contribution in [2.75, 3.05) is 0 Å². The Hall–Kier alpha value is -3.32. The van der Waals surface area contributed by atoms with Crippen molar-refractivity contribution in [2.45, 2.75) is 13.5 Å². The Morgan fingerprint density at radius 2 is 1.89 bits per heavy atom. The number of benzene rings is 2. The van der Waals surface area contributed by atoms with Crippen molar-refractivity contribution in [1.29, 1.82) is 0 Å². The molecule has 0 bridgehead atoms. The van der Waals surface area contributed by atoms with Gasteiger partial charge in [-0.3, -0.25) is 14.2 Å². The summed E-state index contributed by atoms with van der Waals surface area (Å²) >= 11 is 5.96. The van der Waals surface area contributed by atoms with Crippen LogP contribution in [0.5, 0.6) is 0 Å². The van der Waals surface area contributed by atoms with Crippen LogP contribution in [-0.4, -0.2) is 25.6 Å². The average molecular weight is 398 g/mol. The van der Waals surface area contributed by atoms with Gasteiger partial charge in [0.25, 0.3) is 5.56 Å². The minimum atomic E-state index is -1.17. The molecule has 2 heterocycles. The van der Waals surface area contributed by atoms with Crippen molar-refractivity contribution >= 4 is 39.4 Å². The first kappa shape index (κ1) is 18.1. The van der Waals surface area contributed by atoms with Crippen LogP contribution < -0.4 is 5.56 Å². The molecule has 0 saturated heterocycles. The number of halogens is 2. The summed E-state index contributed by atoms with van der Waals surface area (Å²) in [5.74, 6) is -1.47. The van der Waals surface area contributed by atoms with E-state index in [9.17, 15) is 14.0 Å². The van der Waals surface area contributed by atoms with Crippen LogP contribution in [0.3, 0.4) is 0 Å². The molecule has 0 atom stereocenters. The lowest BCUT2D eigenvalue weighted by atomic mass is 10.0. The zero-order valence-electron chi connectivity index (χ0n) is 14.6. The lowest BCUT2D eigenvalue weighted by Gasteiger charge is -2.13. The highest BCUT2D eigenvalue weighted by Crippen LogP contribution is 2.30. The summed E-state index contributed by atoms with van der Waals surface area (Å²) in [5, 5.41) is 10.1. The molecule has 2 aromatic carbocycles. The number of aryl methyl sites for hydroxylation is 1. The molecule has 0 aliphatic carbocycles. The Bertz CT molecular complexity index is 1320. The van der Waals surface area contributed by atoms with E-state index in [-0.39, 0.29) is 22.1 Å². The molecule has 0 amide bonds. The second-order valence-electron chi connectivity index (χ2n) is 6.30. The standard InChI is InChI=1S/C20H13ClFN3O3/c1-10-23-19-17(20(28)25(10)9-16(26)27)14-8-13(22)6-7-15(14)24-18(19)11-2-4-12(21)5-3-11/h2-8H,9H2,1H3,(H,26,27). The summed E-state index contributed by atoms with van der Waals surface area (Å²) < 4.78 is 14.9. The summed E-state index contributed by atoms with van der Waals surface area (Å²) in [6, 6.07) is 10.8. The Kier molecular flexibility index (Phi) is 4.31. The van der Waals surface area contributed by atoms with Gasteiger partial charge in [0.15, 0.2) is 0 Å². The Balaban J connectivity index is 2.19. The molecule has 4 aromatic rings. The van der Waals surface area contributed by atoms with Gasteiger partial charge in [0.05, 0.1) is 16.6 Å². The average Bonchev–Trinajstić information content (AvgIpc) is 2.65. The largest absolute Gasteiger partial charge is 0.480 e. The fraction of sp³-hybridized carbons (Fsp3) is 0.100. The summed E-state index contributed by atoms with van der Waals surface area (Å²) in [6.07, 6.45) is 0. The predicted molar refractivity (Wildman–Crippen MR) is 104 cm³/mol. The molecule has 0 saturated carbocycles. The fourth-order valence-corrected chi connectivity index (χ4v) is 3.31. The number of hydrogen-bond donors (Lipinski definition) is 1. The Labute approximate surface area is 162 Å². The van der Waals surface area contributed by atoms with Gasteiger partial charge < -0.3 is 5.11 Å². The maximum absolute atomic E-state index is 13.9. The lowest BCUT2D eigenvalue weighted by molar-refractivity contribution is -0.137. The van der Waals surface area contributed by atoms with Gasteiger partial charge in [0.2, 0.25) is 0 Å². The molecule has 8 heteroatoms. The molecule has 0 spiro atoms. The van der Waals surface area contributed by atoms with Crippen LogP contribution >= 0.6 is 11.6 Å². The van der Waals surface area contributed by atoms with Crippen molar-refractivity contribution < 1.29 is 14.3 Å². The first-order chi connectivity index (χ1) is 13.3. The van der Waals surface area contributed by atoms with Crippen LogP contribution in [0.2, 0.25) is 5.02 Å². The van der Waals surface area contributed by atoms with Crippen LogP contribution in [0.25, 0.3) is 33.1 Å². The summed E-state index contributed by atoms with van der Waals surface area (Å²) in [6.45, 7) is 1.01. The van der Waals surface area contributed by atoms with Crippen molar-refractivity contribution in [3.05, 3.63) is 69.5 Å². The van der Waals surface area contributed by atoms with Gasteiger partial charge in [-0.05, 0) is 37.3 Å². The number of pyridine rings is 1. The smallest absolute Gasteiger partial charge is 0.323 e. The Morgan fingerprint density at radius 1 is 1.18 bits per heavy atom. The van der Waals surface area contributed by atoms with Crippen molar-refractivity contribution in [3.63, 3.8) is 0 Å². The maximum atomic E-state index is 13.9. The molecule has 4 rings (SSSR count). The number of aromatic nitrogens is 3. The number of rotatable bonds is 3. The van der Waals surface area contributed by atoms with Gasteiger partial charge in [-0.2, -0.15) is 0 Å². The highest BCUT2D eigenvalue weighted by atomic mass is 35.5. The molecule has 0 aliphatic heterocycles. The maximum Gasteiger partial charge on any atom is 0.323 e. The zero-order chi connectivity index (χ0) is 20.0. The third kappa shape index (κ3) is 2.99. The molecule has 28 heavy (non-hydrogen) atoms. The summed E-state index contributed by atoms with van der Waals surface area (Å²) in [5.41, 5.74) is 1.25. The number of carboxylic acid groups (broad SMARTS) is 1. The Morgan fingerprint density at radius 3 is 2.57 bits per heavy atom. The van der Waals surface area contributed by atoms with Crippen LogP contribution in [0.15, 0.2) is 47.3 Å². The van der Waals surface area contributed by atoms with E-state index in [1.807, 2.05) is 0 Å². The number of fused-ring (bicyclic) bond motifs is 3. The number of nitrogens with zero attached hydrogens (tertiary/aromatic N) is 3. The molecule has 0 aliphatic rings. The number of hydrogen-bond acceptors (Lipinski definition) is 4.